The lowest BCUT2D eigenvalue weighted by molar-refractivity contribution is 0.508. The highest BCUT2D eigenvalue weighted by atomic mass is 35.5. The third-order valence-electron chi connectivity index (χ3n) is 3.02. The second-order valence-corrected chi connectivity index (χ2v) is 4.73. The van der Waals surface area contributed by atoms with Gasteiger partial charge < -0.3 is 9.73 Å². The molecule has 4 nitrogen and oxygen atoms in total. The van der Waals surface area contributed by atoms with Crippen molar-refractivity contribution in [2.75, 3.05) is 6.54 Å². The van der Waals surface area contributed by atoms with E-state index in [0.717, 1.165) is 30.0 Å². The summed E-state index contributed by atoms with van der Waals surface area (Å²) in [4.78, 5) is 0. The van der Waals surface area contributed by atoms with E-state index in [1.807, 2.05) is 24.7 Å². The van der Waals surface area contributed by atoms with Crippen LogP contribution in [0, 0.1) is 6.92 Å². The Hall–Kier alpha value is -1.26. The standard InChI is InChI=1S/C13H18ClN3O/c1-4-6-15-12(10-5-7-18-9(10)2)13-11(14)8-16-17(13)3/h5,7-8,12,15H,4,6H2,1-3H3. The topological polar surface area (TPSA) is 43.0 Å². The van der Waals surface area contributed by atoms with Gasteiger partial charge in [-0.3, -0.25) is 4.68 Å². The first-order chi connectivity index (χ1) is 8.65. The molecule has 0 spiro atoms. The van der Waals surface area contributed by atoms with E-state index >= 15 is 0 Å². The molecule has 0 bridgehead atoms. The lowest BCUT2D eigenvalue weighted by Crippen LogP contribution is -2.25. The fraction of sp³-hybridized carbons (Fsp3) is 0.462. The molecule has 0 amide bonds. The van der Waals surface area contributed by atoms with Crippen LogP contribution in [0.3, 0.4) is 0 Å². The Morgan fingerprint density at radius 2 is 2.33 bits per heavy atom. The molecule has 0 aliphatic carbocycles. The highest BCUT2D eigenvalue weighted by molar-refractivity contribution is 6.31. The van der Waals surface area contributed by atoms with E-state index in [0.29, 0.717) is 5.02 Å². The van der Waals surface area contributed by atoms with Crippen LogP contribution >= 0.6 is 11.6 Å². The van der Waals surface area contributed by atoms with Crippen LogP contribution in [-0.2, 0) is 7.05 Å². The molecule has 0 saturated carbocycles. The van der Waals surface area contributed by atoms with E-state index in [2.05, 4.69) is 17.3 Å². The van der Waals surface area contributed by atoms with Gasteiger partial charge in [-0.25, -0.2) is 0 Å². The van der Waals surface area contributed by atoms with Crippen LogP contribution < -0.4 is 5.32 Å². The van der Waals surface area contributed by atoms with Gasteiger partial charge in [0, 0.05) is 12.6 Å². The van der Waals surface area contributed by atoms with Crippen molar-refractivity contribution < 1.29 is 4.42 Å². The summed E-state index contributed by atoms with van der Waals surface area (Å²) in [5, 5.41) is 8.36. The van der Waals surface area contributed by atoms with Gasteiger partial charge in [0.15, 0.2) is 0 Å². The van der Waals surface area contributed by atoms with Gasteiger partial charge in [-0.2, -0.15) is 5.10 Å². The van der Waals surface area contributed by atoms with E-state index < -0.39 is 0 Å². The van der Waals surface area contributed by atoms with Crippen molar-refractivity contribution >= 4 is 11.6 Å². The number of hydrogen-bond donors (Lipinski definition) is 1. The number of nitrogens with zero attached hydrogens (tertiary/aromatic N) is 2. The average molecular weight is 268 g/mol. The summed E-state index contributed by atoms with van der Waals surface area (Å²) >= 11 is 6.23. The van der Waals surface area contributed by atoms with Gasteiger partial charge in [0.05, 0.1) is 29.2 Å². The lowest BCUT2D eigenvalue weighted by Gasteiger charge is -2.19. The van der Waals surface area contributed by atoms with Crippen LogP contribution in [0.2, 0.25) is 5.02 Å². The highest BCUT2D eigenvalue weighted by Crippen LogP contribution is 2.30. The van der Waals surface area contributed by atoms with Crippen molar-refractivity contribution in [3.8, 4) is 0 Å². The first kappa shape index (κ1) is 13.2. The van der Waals surface area contributed by atoms with Crippen molar-refractivity contribution in [3.63, 3.8) is 0 Å². The molecule has 0 aliphatic rings. The van der Waals surface area contributed by atoms with Crippen molar-refractivity contribution in [3.05, 3.63) is 40.6 Å². The molecule has 2 aromatic rings. The molecule has 18 heavy (non-hydrogen) atoms. The molecule has 0 saturated heterocycles. The van der Waals surface area contributed by atoms with Crippen LogP contribution in [0.15, 0.2) is 22.9 Å². The number of rotatable bonds is 5. The fourth-order valence-electron chi connectivity index (χ4n) is 2.08. The molecule has 0 aromatic carbocycles. The molecule has 0 radical (unpaired) electrons. The predicted molar refractivity (Wildman–Crippen MR) is 71.8 cm³/mol. The van der Waals surface area contributed by atoms with Gasteiger partial charge in [0.1, 0.15) is 5.76 Å². The molecular weight excluding hydrogens is 250 g/mol. The summed E-state index contributed by atoms with van der Waals surface area (Å²) in [6.45, 7) is 5.01. The van der Waals surface area contributed by atoms with Gasteiger partial charge in [-0.1, -0.05) is 18.5 Å². The Bertz CT molecular complexity index is 499. The number of furan rings is 1. The maximum absolute atomic E-state index is 6.23. The molecule has 98 valence electrons. The summed E-state index contributed by atoms with van der Waals surface area (Å²) in [5.41, 5.74) is 2.07. The zero-order valence-corrected chi connectivity index (χ0v) is 11.7. The minimum absolute atomic E-state index is 0.0173. The van der Waals surface area contributed by atoms with Crippen molar-refractivity contribution in [1.29, 1.82) is 0 Å². The minimum Gasteiger partial charge on any atom is -0.469 e. The Balaban J connectivity index is 2.40. The van der Waals surface area contributed by atoms with E-state index in [1.165, 1.54) is 0 Å². The first-order valence-electron chi connectivity index (χ1n) is 6.10. The van der Waals surface area contributed by atoms with Crippen molar-refractivity contribution in [1.82, 2.24) is 15.1 Å². The molecule has 0 fully saturated rings. The van der Waals surface area contributed by atoms with Crippen LogP contribution in [0.5, 0.6) is 0 Å². The van der Waals surface area contributed by atoms with E-state index in [1.54, 1.807) is 12.5 Å². The molecule has 1 N–H and O–H groups in total. The SMILES string of the molecule is CCCNC(c1ccoc1C)c1c(Cl)cnn1C. The Kier molecular flexibility index (Phi) is 4.09. The average Bonchev–Trinajstić information content (AvgIpc) is 2.90. The van der Waals surface area contributed by atoms with Crippen LogP contribution in [0.4, 0.5) is 0 Å². The monoisotopic (exact) mass is 267 g/mol. The largest absolute Gasteiger partial charge is 0.469 e. The van der Waals surface area contributed by atoms with Gasteiger partial charge in [-0.15, -0.1) is 0 Å². The van der Waals surface area contributed by atoms with Gasteiger partial charge in [0.2, 0.25) is 0 Å². The molecule has 2 rings (SSSR count). The second kappa shape index (κ2) is 5.59. The maximum atomic E-state index is 6.23. The van der Waals surface area contributed by atoms with Crippen LogP contribution in [0.25, 0.3) is 0 Å². The smallest absolute Gasteiger partial charge is 0.105 e. The second-order valence-electron chi connectivity index (χ2n) is 4.32. The van der Waals surface area contributed by atoms with Crippen molar-refractivity contribution in [2.45, 2.75) is 26.3 Å². The Labute approximate surface area is 112 Å². The Morgan fingerprint density at radius 3 is 2.83 bits per heavy atom. The number of hydrogen-bond acceptors (Lipinski definition) is 3. The number of halogens is 1. The fourth-order valence-corrected chi connectivity index (χ4v) is 2.36. The number of nitrogens with one attached hydrogen (secondary N) is 1. The van der Waals surface area contributed by atoms with E-state index in [-0.39, 0.29) is 6.04 Å². The normalized spacial score (nSPS) is 12.9. The molecule has 2 heterocycles. The highest BCUT2D eigenvalue weighted by Gasteiger charge is 2.23. The van der Waals surface area contributed by atoms with Crippen LogP contribution in [0.1, 0.15) is 36.4 Å². The van der Waals surface area contributed by atoms with E-state index in [4.69, 9.17) is 16.0 Å². The van der Waals surface area contributed by atoms with Crippen LogP contribution in [-0.4, -0.2) is 16.3 Å². The maximum Gasteiger partial charge on any atom is 0.105 e. The summed E-state index contributed by atoms with van der Waals surface area (Å²) in [6.07, 6.45) is 4.44. The summed E-state index contributed by atoms with van der Waals surface area (Å²) < 4.78 is 7.20. The molecule has 0 aliphatic heterocycles. The summed E-state index contributed by atoms with van der Waals surface area (Å²) in [6, 6.07) is 2.00. The zero-order chi connectivity index (χ0) is 13.1. The molecule has 5 heteroatoms. The van der Waals surface area contributed by atoms with Gasteiger partial charge in [-0.05, 0) is 26.0 Å². The predicted octanol–water partition coefficient (Wildman–Crippen LogP) is 3.06. The molecule has 1 atom stereocenters. The van der Waals surface area contributed by atoms with Crippen molar-refractivity contribution in [2.24, 2.45) is 7.05 Å². The summed E-state index contributed by atoms with van der Waals surface area (Å²) in [5.74, 6) is 0.904. The van der Waals surface area contributed by atoms with E-state index in [9.17, 15) is 0 Å². The quantitative estimate of drug-likeness (QED) is 0.905. The molecule has 1 unspecified atom stereocenters. The summed E-state index contributed by atoms with van der Waals surface area (Å²) in [7, 11) is 1.90. The number of aryl methyl sites for hydroxylation is 2. The van der Waals surface area contributed by atoms with Gasteiger partial charge >= 0.3 is 0 Å². The lowest BCUT2D eigenvalue weighted by atomic mass is 10.0. The Morgan fingerprint density at radius 1 is 1.56 bits per heavy atom. The number of aromatic nitrogens is 2. The van der Waals surface area contributed by atoms with Gasteiger partial charge in [0.25, 0.3) is 0 Å². The first-order valence-corrected chi connectivity index (χ1v) is 6.47. The molecule has 2 aromatic heterocycles. The zero-order valence-electron chi connectivity index (χ0n) is 10.9. The molecular formula is C13H18ClN3O. The minimum atomic E-state index is 0.0173. The third kappa shape index (κ3) is 2.44. The third-order valence-corrected chi connectivity index (χ3v) is 3.31.